The van der Waals surface area contributed by atoms with E-state index in [1.54, 1.807) is 6.08 Å². The van der Waals surface area contributed by atoms with E-state index in [0.717, 1.165) is 38.8 Å². The highest BCUT2D eigenvalue weighted by molar-refractivity contribution is 8.27. The van der Waals surface area contributed by atoms with Crippen LogP contribution in [0, 0.1) is 40.0 Å². The molecule has 1 amide bonds. The van der Waals surface area contributed by atoms with Gasteiger partial charge in [0, 0.05) is 22.6 Å². The molecule has 0 aliphatic carbocycles. The first-order chi connectivity index (χ1) is 16.2. The summed E-state index contributed by atoms with van der Waals surface area (Å²) >= 11 is 1.31. The molecule has 1 N–H and O–H groups in total. The van der Waals surface area contributed by atoms with Gasteiger partial charge in [0.15, 0.2) is 5.84 Å². The second-order valence-corrected chi connectivity index (χ2v) is 9.68. The van der Waals surface area contributed by atoms with Gasteiger partial charge in [-0.3, -0.25) is 10.2 Å². The fraction of sp³-hybridized carbons (Fsp3) is 0.185. The number of hydrogen-bond acceptors (Lipinski definition) is 4. The molecule has 2 aliphatic heterocycles. The molecule has 34 heavy (non-hydrogen) atoms. The van der Waals surface area contributed by atoms with Gasteiger partial charge in [-0.05, 0) is 93.4 Å². The third kappa shape index (κ3) is 3.72. The first-order valence-corrected chi connectivity index (χ1v) is 11.9. The average molecular weight is 468 g/mol. The molecular formula is C27H25N5OS. The largest absolute Gasteiger partial charge is 0.318 e. The van der Waals surface area contributed by atoms with Crippen molar-refractivity contribution in [1.82, 2.24) is 9.58 Å². The number of aryl methyl sites for hydroxylation is 4. The lowest BCUT2D eigenvalue weighted by Crippen LogP contribution is -2.35. The van der Waals surface area contributed by atoms with Crippen molar-refractivity contribution in [3.63, 3.8) is 0 Å². The molecule has 0 saturated carbocycles. The van der Waals surface area contributed by atoms with Gasteiger partial charge in [-0.2, -0.15) is 15.1 Å². The number of carbonyl (C=O) groups is 1. The van der Waals surface area contributed by atoms with E-state index in [-0.39, 0.29) is 11.4 Å². The Morgan fingerprint density at radius 1 is 0.971 bits per heavy atom. The zero-order valence-electron chi connectivity index (χ0n) is 19.8. The highest BCUT2D eigenvalue weighted by Gasteiger charge is 2.36. The molecule has 3 aromatic rings. The van der Waals surface area contributed by atoms with E-state index in [9.17, 15) is 4.79 Å². The van der Waals surface area contributed by atoms with E-state index in [1.807, 2.05) is 51.1 Å². The van der Waals surface area contributed by atoms with Crippen LogP contribution in [0.5, 0.6) is 0 Å². The molecule has 3 heterocycles. The molecule has 0 fully saturated rings. The molecule has 7 heteroatoms. The zero-order chi connectivity index (χ0) is 24.1. The third-order valence-electron chi connectivity index (χ3n) is 6.24. The van der Waals surface area contributed by atoms with Gasteiger partial charge in [0.05, 0.1) is 5.57 Å². The van der Waals surface area contributed by atoms with Gasteiger partial charge in [0.25, 0.3) is 5.91 Å². The van der Waals surface area contributed by atoms with Crippen LogP contribution in [0.2, 0.25) is 0 Å². The SMILES string of the molecule is Cc1cccc(C2=NN3C(=N)/C(=C\c4cc(C)n(-c5ccc(C)c(C)c5)c4C)C(=O)N=C3S2)c1. The lowest BCUT2D eigenvalue weighted by molar-refractivity contribution is -0.114. The Hall–Kier alpha value is -3.71. The predicted octanol–water partition coefficient (Wildman–Crippen LogP) is 5.69. The first-order valence-electron chi connectivity index (χ1n) is 11.1. The first kappa shape index (κ1) is 22.1. The number of aromatic nitrogens is 1. The Balaban J connectivity index is 1.51. The van der Waals surface area contributed by atoms with Crippen molar-refractivity contribution in [2.45, 2.75) is 34.6 Å². The Bertz CT molecular complexity index is 1470. The highest BCUT2D eigenvalue weighted by atomic mass is 32.2. The number of hydrazone groups is 1. The Morgan fingerprint density at radius 3 is 2.50 bits per heavy atom. The number of fused-ring (bicyclic) bond motifs is 1. The van der Waals surface area contributed by atoms with E-state index >= 15 is 0 Å². The minimum Gasteiger partial charge on any atom is -0.318 e. The van der Waals surface area contributed by atoms with Gasteiger partial charge in [-0.15, -0.1) is 0 Å². The number of hydrogen-bond donors (Lipinski definition) is 1. The minimum absolute atomic E-state index is 0.0427. The van der Waals surface area contributed by atoms with Gasteiger partial charge in [-0.1, -0.05) is 29.8 Å². The monoisotopic (exact) mass is 467 g/mol. The summed E-state index contributed by atoms with van der Waals surface area (Å²) in [4.78, 5) is 17.2. The van der Waals surface area contributed by atoms with Crippen molar-refractivity contribution in [2.24, 2.45) is 10.1 Å². The molecule has 2 aliphatic rings. The van der Waals surface area contributed by atoms with Gasteiger partial charge in [0.1, 0.15) is 5.04 Å². The number of amides is 1. The maximum absolute atomic E-state index is 12.9. The number of aliphatic imine (C=N–C) groups is 1. The molecule has 0 spiro atoms. The quantitative estimate of drug-likeness (QED) is 0.503. The van der Waals surface area contributed by atoms with Crippen LogP contribution < -0.4 is 0 Å². The van der Waals surface area contributed by atoms with Crippen molar-refractivity contribution in [3.05, 3.63) is 93.3 Å². The summed E-state index contributed by atoms with van der Waals surface area (Å²) in [6, 6.07) is 16.4. The second-order valence-electron chi connectivity index (χ2n) is 8.73. The van der Waals surface area contributed by atoms with Crippen LogP contribution in [0.3, 0.4) is 0 Å². The van der Waals surface area contributed by atoms with Crippen LogP contribution in [0.4, 0.5) is 0 Å². The number of thioether (sulfide) groups is 1. The number of benzene rings is 2. The molecule has 170 valence electrons. The van der Waals surface area contributed by atoms with E-state index in [4.69, 9.17) is 5.41 Å². The van der Waals surface area contributed by atoms with Crippen LogP contribution in [-0.2, 0) is 4.79 Å². The summed E-state index contributed by atoms with van der Waals surface area (Å²) in [7, 11) is 0. The molecule has 0 bridgehead atoms. The van der Waals surface area contributed by atoms with E-state index in [1.165, 1.54) is 27.9 Å². The van der Waals surface area contributed by atoms with Gasteiger partial charge >= 0.3 is 0 Å². The number of rotatable bonds is 3. The van der Waals surface area contributed by atoms with Gasteiger partial charge in [0.2, 0.25) is 5.17 Å². The predicted molar refractivity (Wildman–Crippen MR) is 140 cm³/mol. The van der Waals surface area contributed by atoms with Crippen molar-refractivity contribution in [1.29, 1.82) is 5.41 Å². The van der Waals surface area contributed by atoms with E-state index in [0.29, 0.717) is 5.17 Å². The Morgan fingerprint density at radius 2 is 1.76 bits per heavy atom. The molecule has 5 rings (SSSR count). The van der Waals surface area contributed by atoms with Crippen LogP contribution in [0.1, 0.15) is 39.2 Å². The summed E-state index contributed by atoms with van der Waals surface area (Å²) < 4.78 is 2.17. The fourth-order valence-electron chi connectivity index (χ4n) is 4.24. The zero-order valence-corrected chi connectivity index (χ0v) is 20.6. The van der Waals surface area contributed by atoms with Gasteiger partial charge in [-0.25, -0.2) is 0 Å². The number of nitrogens with one attached hydrogen (secondary N) is 1. The van der Waals surface area contributed by atoms with Crippen molar-refractivity contribution >= 4 is 39.8 Å². The lowest BCUT2D eigenvalue weighted by atomic mass is 10.1. The maximum Gasteiger partial charge on any atom is 0.283 e. The van der Waals surface area contributed by atoms with Crippen LogP contribution >= 0.6 is 11.8 Å². The molecule has 2 aromatic carbocycles. The lowest BCUT2D eigenvalue weighted by Gasteiger charge is -2.20. The van der Waals surface area contributed by atoms with Crippen molar-refractivity contribution < 1.29 is 4.79 Å². The van der Waals surface area contributed by atoms with Crippen LogP contribution in [0.25, 0.3) is 11.8 Å². The smallest absolute Gasteiger partial charge is 0.283 e. The van der Waals surface area contributed by atoms with Crippen molar-refractivity contribution in [2.75, 3.05) is 0 Å². The molecule has 0 radical (unpaired) electrons. The summed E-state index contributed by atoms with van der Waals surface area (Å²) in [5, 5.41) is 15.9. The molecule has 6 nitrogen and oxygen atoms in total. The normalized spacial score (nSPS) is 16.7. The topological polar surface area (TPSA) is 73.8 Å². The number of nitrogens with zero attached hydrogens (tertiary/aromatic N) is 4. The molecule has 0 atom stereocenters. The fourth-order valence-corrected chi connectivity index (χ4v) is 5.13. The number of amidine groups is 2. The van der Waals surface area contributed by atoms with Crippen molar-refractivity contribution in [3.8, 4) is 5.69 Å². The standard InChI is InChI=1S/C27H25N5OS/c1-15-7-6-8-20(11-15)26-30-32-24(28)23(25(33)29-27(32)34-26)14-21-13-18(4)31(19(21)5)22-10-9-16(2)17(3)12-22/h6-14,28H,1-5H3/b23-14+,28-24?. The van der Waals surface area contributed by atoms with E-state index in [2.05, 4.69) is 46.7 Å². The average Bonchev–Trinajstić information content (AvgIpc) is 3.34. The molecular weight excluding hydrogens is 442 g/mol. The highest BCUT2D eigenvalue weighted by Crippen LogP contribution is 2.32. The van der Waals surface area contributed by atoms with Crippen LogP contribution in [-0.4, -0.2) is 31.5 Å². The minimum atomic E-state index is -0.416. The Kier molecular flexibility index (Phi) is 5.37. The summed E-state index contributed by atoms with van der Waals surface area (Å²) in [5.41, 5.74) is 8.81. The Labute approximate surface area is 203 Å². The van der Waals surface area contributed by atoms with Gasteiger partial charge < -0.3 is 4.57 Å². The summed E-state index contributed by atoms with van der Waals surface area (Å²) in [6.45, 7) is 10.3. The second kappa shape index (κ2) is 8.25. The molecule has 0 saturated heterocycles. The van der Waals surface area contributed by atoms with E-state index < -0.39 is 5.91 Å². The van der Waals surface area contributed by atoms with Crippen LogP contribution in [0.15, 0.2) is 64.2 Å². The summed E-state index contributed by atoms with van der Waals surface area (Å²) in [6.07, 6.45) is 1.76. The number of carbonyl (C=O) groups excluding carboxylic acids is 1. The summed E-state index contributed by atoms with van der Waals surface area (Å²) in [5.74, 6) is -0.374. The third-order valence-corrected chi connectivity index (χ3v) is 7.20. The maximum atomic E-state index is 12.9. The molecule has 1 aromatic heterocycles. The molecule has 0 unspecified atom stereocenters.